The number of aromatic carboxylic acids is 1. The van der Waals surface area contributed by atoms with Crippen molar-refractivity contribution < 1.29 is 24.5 Å². The first-order chi connectivity index (χ1) is 9.61. The highest BCUT2D eigenvalue weighted by atomic mass is 16.5. The van der Waals surface area contributed by atoms with Crippen LogP contribution in [0.15, 0.2) is 18.5 Å². The van der Waals surface area contributed by atoms with Crippen LogP contribution >= 0.6 is 0 Å². The van der Waals surface area contributed by atoms with Gasteiger partial charge in [0.25, 0.3) is 0 Å². The predicted octanol–water partition coefficient (Wildman–Crippen LogP) is 0.00480. The topological polar surface area (TPSA) is 112 Å². The molecule has 1 fully saturated rings. The Balaban J connectivity index is 2.06. The molecule has 108 valence electrons. The lowest BCUT2D eigenvalue weighted by Crippen LogP contribution is -2.52. The summed E-state index contributed by atoms with van der Waals surface area (Å²) in [6, 6.07) is 0.498. The van der Waals surface area contributed by atoms with E-state index in [1.54, 1.807) is 0 Å². The molecular formula is C12H15N3O5. The van der Waals surface area contributed by atoms with Crippen LogP contribution in [-0.2, 0) is 4.74 Å². The minimum atomic E-state index is -1.12. The molecule has 1 aliphatic rings. The van der Waals surface area contributed by atoms with Crippen molar-refractivity contribution >= 4 is 17.7 Å². The molecule has 8 heteroatoms. The quantitative estimate of drug-likeness (QED) is 0.719. The molecule has 0 radical (unpaired) electrons. The van der Waals surface area contributed by atoms with Crippen LogP contribution in [0.3, 0.4) is 0 Å². The lowest BCUT2D eigenvalue weighted by molar-refractivity contribution is -0.00485. The van der Waals surface area contributed by atoms with Crippen molar-refractivity contribution in [2.75, 3.05) is 31.7 Å². The standard InChI is InChI=1S/C12H15N3O5/c16-6-10-7-20-2-1-15(10)12(19)14-9-3-8(11(17)18)4-13-5-9/h3-5,10,16H,1-2,6-7H2,(H,14,19)(H,17,18). The molecule has 2 amide bonds. The minimum Gasteiger partial charge on any atom is -0.478 e. The SMILES string of the molecule is O=C(O)c1cncc(NC(=O)N2CCOCC2CO)c1. The van der Waals surface area contributed by atoms with Gasteiger partial charge in [0.15, 0.2) is 0 Å². The van der Waals surface area contributed by atoms with Gasteiger partial charge in [-0.05, 0) is 6.07 Å². The first-order valence-electron chi connectivity index (χ1n) is 6.06. The average molecular weight is 281 g/mol. The molecule has 1 aliphatic heterocycles. The van der Waals surface area contributed by atoms with Gasteiger partial charge >= 0.3 is 12.0 Å². The predicted molar refractivity (Wildman–Crippen MR) is 68.6 cm³/mol. The highest BCUT2D eigenvalue weighted by Crippen LogP contribution is 2.12. The van der Waals surface area contributed by atoms with Crippen molar-refractivity contribution in [2.24, 2.45) is 0 Å². The smallest absolute Gasteiger partial charge is 0.337 e. The number of anilines is 1. The second-order valence-corrected chi connectivity index (χ2v) is 4.30. The Morgan fingerprint density at radius 1 is 1.50 bits per heavy atom. The van der Waals surface area contributed by atoms with E-state index >= 15 is 0 Å². The third kappa shape index (κ3) is 3.22. The molecule has 0 spiro atoms. The van der Waals surface area contributed by atoms with Crippen molar-refractivity contribution in [1.82, 2.24) is 9.88 Å². The Morgan fingerprint density at radius 2 is 2.30 bits per heavy atom. The molecule has 8 nitrogen and oxygen atoms in total. The number of nitrogens with one attached hydrogen (secondary N) is 1. The summed E-state index contributed by atoms with van der Waals surface area (Å²) in [6.45, 7) is 0.846. The molecule has 1 aromatic heterocycles. The second kappa shape index (κ2) is 6.31. The van der Waals surface area contributed by atoms with Gasteiger partial charge < -0.3 is 25.2 Å². The number of carboxylic acids is 1. The summed E-state index contributed by atoms with van der Waals surface area (Å²) in [4.78, 5) is 28.1. The molecule has 0 saturated carbocycles. The molecule has 1 unspecified atom stereocenters. The van der Waals surface area contributed by atoms with E-state index < -0.39 is 18.0 Å². The Morgan fingerprint density at radius 3 is 3.00 bits per heavy atom. The number of carboxylic acid groups (broad SMARTS) is 1. The number of hydrogen-bond acceptors (Lipinski definition) is 5. The van der Waals surface area contributed by atoms with Crippen LogP contribution in [0.1, 0.15) is 10.4 Å². The summed E-state index contributed by atoms with van der Waals surface area (Å²) in [6.07, 6.45) is 2.56. The van der Waals surface area contributed by atoms with Crippen molar-refractivity contribution in [1.29, 1.82) is 0 Å². The van der Waals surface area contributed by atoms with E-state index in [2.05, 4.69) is 10.3 Å². The van der Waals surface area contributed by atoms with Gasteiger partial charge in [0.1, 0.15) is 0 Å². The first kappa shape index (κ1) is 14.2. The molecular weight excluding hydrogens is 266 g/mol. The monoisotopic (exact) mass is 281 g/mol. The van der Waals surface area contributed by atoms with Crippen LogP contribution in [0, 0.1) is 0 Å². The van der Waals surface area contributed by atoms with E-state index in [0.29, 0.717) is 13.2 Å². The Hall–Kier alpha value is -2.19. The highest BCUT2D eigenvalue weighted by Gasteiger charge is 2.26. The maximum atomic E-state index is 12.1. The fraction of sp³-hybridized carbons (Fsp3) is 0.417. The Kier molecular flexibility index (Phi) is 4.49. The number of urea groups is 1. The van der Waals surface area contributed by atoms with Crippen LogP contribution in [0.2, 0.25) is 0 Å². The van der Waals surface area contributed by atoms with Crippen molar-refractivity contribution in [3.63, 3.8) is 0 Å². The van der Waals surface area contributed by atoms with Crippen LogP contribution in [0.5, 0.6) is 0 Å². The van der Waals surface area contributed by atoms with Crippen LogP contribution in [0.4, 0.5) is 10.5 Å². The number of aliphatic hydroxyl groups excluding tert-OH is 1. The zero-order chi connectivity index (χ0) is 14.5. The maximum absolute atomic E-state index is 12.1. The lowest BCUT2D eigenvalue weighted by atomic mass is 10.2. The molecule has 1 saturated heterocycles. The number of amides is 2. The van der Waals surface area contributed by atoms with E-state index in [1.165, 1.54) is 23.4 Å². The first-order valence-corrected chi connectivity index (χ1v) is 6.06. The van der Waals surface area contributed by atoms with Crippen LogP contribution < -0.4 is 5.32 Å². The summed E-state index contributed by atoms with van der Waals surface area (Å²) < 4.78 is 5.18. The number of morpholine rings is 1. The highest BCUT2D eigenvalue weighted by molar-refractivity contribution is 5.92. The maximum Gasteiger partial charge on any atom is 0.337 e. The lowest BCUT2D eigenvalue weighted by Gasteiger charge is -2.34. The number of pyridine rings is 1. The van der Waals surface area contributed by atoms with Gasteiger partial charge in [-0.25, -0.2) is 9.59 Å². The normalized spacial score (nSPS) is 18.6. The van der Waals surface area contributed by atoms with E-state index in [4.69, 9.17) is 9.84 Å². The molecule has 2 heterocycles. The zero-order valence-corrected chi connectivity index (χ0v) is 10.7. The number of nitrogens with zero attached hydrogens (tertiary/aromatic N) is 2. The Bertz CT molecular complexity index is 508. The van der Waals surface area contributed by atoms with Gasteiger partial charge in [-0.1, -0.05) is 0 Å². The minimum absolute atomic E-state index is 0.0107. The molecule has 20 heavy (non-hydrogen) atoms. The molecule has 0 bridgehead atoms. The van der Waals surface area contributed by atoms with Gasteiger partial charge in [-0.15, -0.1) is 0 Å². The molecule has 1 atom stereocenters. The zero-order valence-electron chi connectivity index (χ0n) is 10.7. The summed E-state index contributed by atoms with van der Waals surface area (Å²) in [7, 11) is 0. The molecule has 0 aliphatic carbocycles. The van der Waals surface area contributed by atoms with Gasteiger partial charge in [0, 0.05) is 12.7 Å². The number of aliphatic hydroxyl groups is 1. The number of carbonyl (C=O) groups is 2. The van der Waals surface area contributed by atoms with Crippen molar-refractivity contribution in [3.05, 3.63) is 24.0 Å². The number of aromatic nitrogens is 1. The molecule has 0 aromatic carbocycles. The summed E-state index contributed by atoms with van der Waals surface area (Å²) in [5.74, 6) is -1.12. The second-order valence-electron chi connectivity index (χ2n) is 4.30. The van der Waals surface area contributed by atoms with Crippen LogP contribution in [-0.4, -0.2) is 64.5 Å². The van der Waals surface area contributed by atoms with Gasteiger partial charge in [0.05, 0.1) is 43.3 Å². The van der Waals surface area contributed by atoms with Crippen LogP contribution in [0.25, 0.3) is 0 Å². The summed E-state index contributed by atoms with van der Waals surface area (Å²) >= 11 is 0. The number of hydrogen-bond donors (Lipinski definition) is 3. The van der Waals surface area contributed by atoms with E-state index in [0.717, 1.165) is 0 Å². The number of ether oxygens (including phenoxy) is 1. The van der Waals surface area contributed by atoms with Gasteiger partial charge in [0.2, 0.25) is 0 Å². The fourth-order valence-corrected chi connectivity index (χ4v) is 1.89. The number of rotatable bonds is 3. The van der Waals surface area contributed by atoms with Gasteiger partial charge in [-0.2, -0.15) is 0 Å². The summed E-state index contributed by atoms with van der Waals surface area (Å²) in [5.41, 5.74) is 0.279. The fourth-order valence-electron chi connectivity index (χ4n) is 1.89. The molecule has 1 aromatic rings. The third-order valence-corrected chi connectivity index (χ3v) is 2.94. The largest absolute Gasteiger partial charge is 0.478 e. The van der Waals surface area contributed by atoms with E-state index in [9.17, 15) is 14.7 Å². The van der Waals surface area contributed by atoms with Gasteiger partial charge in [-0.3, -0.25) is 4.98 Å². The third-order valence-electron chi connectivity index (χ3n) is 2.94. The van der Waals surface area contributed by atoms with Crippen molar-refractivity contribution in [3.8, 4) is 0 Å². The van der Waals surface area contributed by atoms with E-state index in [-0.39, 0.29) is 24.5 Å². The van der Waals surface area contributed by atoms with E-state index in [1.807, 2.05) is 0 Å². The Labute approximate surface area is 115 Å². The summed E-state index contributed by atoms with van der Waals surface area (Å²) in [5, 5.41) is 20.6. The number of carbonyl (C=O) groups excluding carboxylic acids is 1. The average Bonchev–Trinajstić information content (AvgIpc) is 2.47. The van der Waals surface area contributed by atoms with Crippen molar-refractivity contribution in [2.45, 2.75) is 6.04 Å². The molecule has 2 rings (SSSR count). The molecule has 3 N–H and O–H groups in total.